The molecule has 0 unspecified atom stereocenters. The van der Waals surface area contributed by atoms with Crippen LogP contribution in [0.2, 0.25) is 15.1 Å². The lowest BCUT2D eigenvalue weighted by atomic mass is 10.2. The maximum Gasteiger partial charge on any atom is 0.339 e. The number of benzene rings is 3. The van der Waals surface area contributed by atoms with Crippen molar-refractivity contribution >= 4 is 56.8 Å². The van der Waals surface area contributed by atoms with Gasteiger partial charge in [0.25, 0.3) is 0 Å². The standard InChI is InChI=1S/C20H14Cl3NO3S/c1-13-18(23)3-2-4-19(13)24-12-14-11-16(22)7-10-20(14)27-28(25,26)17-8-5-15(21)6-9-17/h2-12H,1H3. The molecule has 0 radical (unpaired) electrons. The molecule has 28 heavy (non-hydrogen) atoms. The molecule has 3 aromatic carbocycles. The normalized spacial score (nSPS) is 11.7. The average molecular weight is 455 g/mol. The summed E-state index contributed by atoms with van der Waals surface area (Å²) < 4.78 is 30.4. The molecule has 144 valence electrons. The molecule has 0 aliphatic carbocycles. The fourth-order valence-electron chi connectivity index (χ4n) is 2.34. The highest BCUT2D eigenvalue weighted by Gasteiger charge is 2.18. The zero-order valence-electron chi connectivity index (χ0n) is 14.6. The van der Waals surface area contributed by atoms with Crippen molar-refractivity contribution in [1.29, 1.82) is 0 Å². The van der Waals surface area contributed by atoms with E-state index in [1.165, 1.54) is 42.6 Å². The highest BCUT2D eigenvalue weighted by atomic mass is 35.5. The Labute approximate surface area is 178 Å². The van der Waals surface area contributed by atoms with Crippen molar-refractivity contribution in [1.82, 2.24) is 0 Å². The maximum atomic E-state index is 12.6. The predicted molar refractivity (Wildman–Crippen MR) is 114 cm³/mol. The molecule has 0 atom stereocenters. The number of hydrogen-bond acceptors (Lipinski definition) is 4. The number of aliphatic imine (C=N–C) groups is 1. The SMILES string of the molecule is Cc1c(Cl)cccc1N=Cc1cc(Cl)ccc1OS(=O)(=O)c1ccc(Cl)cc1. The molecule has 0 heterocycles. The zero-order chi connectivity index (χ0) is 20.3. The van der Waals surface area contributed by atoms with Crippen molar-refractivity contribution in [3.8, 4) is 5.75 Å². The molecule has 0 fully saturated rings. The Morgan fingerprint density at radius 3 is 2.32 bits per heavy atom. The first-order valence-electron chi connectivity index (χ1n) is 8.05. The van der Waals surface area contributed by atoms with E-state index in [4.69, 9.17) is 39.0 Å². The lowest BCUT2D eigenvalue weighted by molar-refractivity contribution is 0.485. The molecule has 0 aromatic heterocycles. The van der Waals surface area contributed by atoms with Gasteiger partial charge in [-0.1, -0.05) is 40.9 Å². The Morgan fingerprint density at radius 1 is 0.929 bits per heavy atom. The Morgan fingerprint density at radius 2 is 1.61 bits per heavy atom. The van der Waals surface area contributed by atoms with E-state index in [2.05, 4.69) is 4.99 Å². The summed E-state index contributed by atoms with van der Waals surface area (Å²) in [5.41, 5.74) is 1.86. The van der Waals surface area contributed by atoms with Gasteiger partial charge in [0, 0.05) is 26.8 Å². The van der Waals surface area contributed by atoms with Crippen molar-refractivity contribution in [3.05, 3.63) is 86.9 Å². The van der Waals surface area contributed by atoms with Crippen LogP contribution in [0.3, 0.4) is 0 Å². The molecule has 3 rings (SSSR count). The fraction of sp³-hybridized carbons (Fsp3) is 0.0500. The van der Waals surface area contributed by atoms with E-state index in [9.17, 15) is 8.42 Å². The number of halogens is 3. The summed E-state index contributed by atoms with van der Waals surface area (Å²) in [6.07, 6.45) is 1.48. The van der Waals surface area contributed by atoms with Gasteiger partial charge in [-0.25, -0.2) is 0 Å². The van der Waals surface area contributed by atoms with Crippen LogP contribution in [0.4, 0.5) is 5.69 Å². The van der Waals surface area contributed by atoms with E-state index in [1.807, 2.05) is 6.92 Å². The molecule has 4 nitrogen and oxygen atoms in total. The second-order valence-electron chi connectivity index (χ2n) is 5.82. The van der Waals surface area contributed by atoms with Gasteiger partial charge in [0.1, 0.15) is 4.90 Å². The molecular weight excluding hydrogens is 441 g/mol. The predicted octanol–water partition coefficient (Wildman–Crippen LogP) is 6.47. The summed E-state index contributed by atoms with van der Waals surface area (Å²) in [6, 6.07) is 15.6. The van der Waals surface area contributed by atoms with Crippen molar-refractivity contribution in [2.45, 2.75) is 11.8 Å². The van der Waals surface area contributed by atoms with E-state index < -0.39 is 10.1 Å². The first-order valence-corrected chi connectivity index (χ1v) is 10.6. The van der Waals surface area contributed by atoms with Crippen LogP contribution in [-0.2, 0) is 10.1 Å². The molecular formula is C20H14Cl3NO3S. The summed E-state index contributed by atoms with van der Waals surface area (Å²) >= 11 is 18.0. The number of nitrogens with zero attached hydrogens (tertiary/aromatic N) is 1. The summed E-state index contributed by atoms with van der Waals surface area (Å²) in [7, 11) is -4.05. The molecule has 0 saturated heterocycles. The van der Waals surface area contributed by atoms with Crippen LogP contribution < -0.4 is 4.18 Å². The van der Waals surface area contributed by atoms with Gasteiger partial charge < -0.3 is 4.18 Å². The van der Waals surface area contributed by atoms with Crippen LogP contribution in [-0.4, -0.2) is 14.6 Å². The van der Waals surface area contributed by atoms with Gasteiger partial charge in [0.2, 0.25) is 0 Å². The van der Waals surface area contributed by atoms with E-state index in [0.29, 0.717) is 26.3 Å². The molecule has 3 aromatic rings. The molecule has 8 heteroatoms. The largest absolute Gasteiger partial charge is 0.378 e. The first-order chi connectivity index (χ1) is 13.3. The van der Waals surface area contributed by atoms with Gasteiger partial charge in [-0.2, -0.15) is 8.42 Å². The summed E-state index contributed by atoms with van der Waals surface area (Å²) in [5, 5.41) is 1.43. The fourth-order valence-corrected chi connectivity index (χ4v) is 3.77. The monoisotopic (exact) mass is 453 g/mol. The highest BCUT2D eigenvalue weighted by Crippen LogP contribution is 2.28. The minimum absolute atomic E-state index is 0.0135. The van der Waals surface area contributed by atoms with Crippen molar-refractivity contribution in [2.24, 2.45) is 4.99 Å². The van der Waals surface area contributed by atoms with Gasteiger partial charge in [0.15, 0.2) is 5.75 Å². The topological polar surface area (TPSA) is 55.7 Å². The number of hydrogen-bond donors (Lipinski definition) is 0. The van der Waals surface area contributed by atoms with Gasteiger partial charge in [-0.15, -0.1) is 0 Å². The van der Waals surface area contributed by atoms with Crippen LogP contribution in [0, 0.1) is 6.92 Å². The van der Waals surface area contributed by atoms with Gasteiger partial charge in [-0.05, 0) is 67.1 Å². The van der Waals surface area contributed by atoms with E-state index in [0.717, 1.165) is 5.56 Å². The third-order valence-corrected chi connectivity index (χ3v) is 6.00. The van der Waals surface area contributed by atoms with Crippen LogP contribution in [0.15, 0.2) is 70.6 Å². The Balaban J connectivity index is 1.96. The Bertz CT molecular complexity index is 1140. The van der Waals surface area contributed by atoms with E-state index >= 15 is 0 Å². The van der Waals surface area contributed by atoms with Crippen molar-refractivity contribution in [3.63, 3.8) is 0 Å². The van der Waals surface area contributed by atoms with E-state index in [1.54, 1.807) is 24.3 Å². The smallest absolute Gasteiger partial charge is 0.339 e. The van der Waals surface area contributed by atoms with Crippen LogP contribution in [0.1, 0.15) is 11.1 Å². The Kier molecular flexibility index (Phi) is 6.30. The van der Waals surface area contributed by atoms with Crippen LogP contribution in [0.25, 0.3) is 0 Å². The van der Waals surface area contributed by atoms with E-state index in [-0.39, 0.29) is 10.6 Å². The summed E-state index contributed by atoms with van der Waals surface area (Å²) in [5.74, 6) is 0.0998. The highest BCUT2D eigenvalue weighted by molar-refractivity contribution is 7.87. The van der Waals surface area contributed by atoms with Crippen LogP contribution in [0.5, 0.6) is 5.75 Å². The lowest BCUT2D eigenvalue weighted by Crippen LogP contribution is -2.10. The van der Waals surface area contributed by atoms with Crippen LogP contribution >= 0.6 is 34.8 Å². The Hall–Kier alpha value is -2.05. The maximum absolute atomic E-state index is 12.6. The molecule has 0 amide bonds. The van der Waals surface area contributed by atoms with Gasteiger partial charge in [-0.3, -0.25) is 4.99 Å². The second-order valence-corrected chi connectivity index (χ2v) is 8.64. The average Bonchev–Trinajstić information content (AvgIpc) is 2.65. The molecule has 0 aliphatic heterocycles. The van der Waals surface area contributed by atoms with Crippen molar-refractivity contribution in [2.75, 3.05) is 0 Å². The summed E-state index contributed by atoms with van der Waals surface area (Å²) in [4.78, 5) is 4.38. The zero-order valence-corrected chi connectivity index (χ0v) is 17.6. The minimum atomic E-state index is -4.05. The van der Waals surface area contributed by atoms with Crippen molar-refractivity contribution < 1.29 is 12.6 Å². The van der Waals surface area contributed by atoms with Gasteiger partial charge in [0.05, 0.1) is 5.69 Å². The quantitative estimate of drug-likeness (QED) is 0.328. The first kappa shape index (κ1) is 20.7. The molecule has 0 bridgehead atoms. The third-order valence-electron chi connectivity index (χ3n) is 3.86. The molecule has 0 aliphatic rings. The number of rotatable bonds is 5. The minimum Gasteiger partial charge on any atom is -0.378 e. The molecule has 0 spiro atoms. The second kappa shape index (κ2) is 8.53. The van der Waals surface area contributed by atoms with Gasteiger partial charge >= 0.3 is 10.1 Å². The molecule has 0 saturated carbocycles. The molecule has 0 N–H and O–H groups in total. The third kappa shape index (κ3) is 4.86. The lowest BCUT2D eigenvalue weighted by Gasteiger charge is -2.10. The summed E-state index contributed by atoms with van der Waals surface area (Å²) in [6.45, 7) is 1.84.